The molecule has 0 spiro atoms. The topological polar surface area (TPSA) is 42.0 Å². The third kappa shape index (κ3) is 6.61. The van der Waals surface area contributed by atoms with Crippen molar-refractivity contribution in [2.24, 2.45) is 0 Å². The first-order valence-electron chi connectivity index (χ1n) is 6.68. The fourth-order valence-corrected chi connectivity index (χ4v) is 2.48. The normalized spacial score (nSPS) is 17.7. The summed E-state index contributed by atoms with van der Waals surface area (Å²) in [6.07, 6.45) is 0. The SMILES string of the molecule is CN(C)CCOC(=O)C(C)(C)SCN1CCOCC1. The highest BCUT2D eigenvalue weighted by Gasteiger charge is 2.30. The van der Waals surface area contributed by atoms with Gasteiger partial charge in [-0.1, -0.05) is 0 Å². The minimum absolute atomic E-state index is 0.132. The highest BCUT2D eigenvalue weighted by molar-refractivity contribution is 8.01. The summed E-state index contributed by atoms with van der Waals surface area (Å²) in [6.45, 7) is 8.52. The van der Waals surface area contributed by atoms with E-state index in [2.05, 4.69) is 4.90 Å². The Hall–Kier alpha value is -0.300. The third-order valence-electron chi connectivity index (χ3n) is 2.97. The van der Waals surface area contributed by atoms with Gasteiger partial charge < -0.3 is 14.4 Å². The van der Waals surface area contributed by atoms with E-state index in [-0.39, 0.29) is 5.97 Å². The molecule has 1 heterocycles. The molecule has 1 rings (SSSR count). The van der Waals surface area contributed by atoms with E-state index < -0.39 is 4.75 Å². The molecule has 0 bridgehead atoms. The van der Waals surface area contributed by atoms with Crippen molar-refractivity contribution >= 4 is 17.7 Å². The van der Waals surface area contributed by atoms with E-state index in [1.54, 1.807) is 11.8 Å². The van der Waals surface area contributed by atoms with Crippen molar-refractivity contribution in [2.75, 3.05) is 59.4 Å². The van der Waals surface area contributed by atoms with Crippen LogP contribution in [0.5, 0.6) is 0 Å². The fourth-order valence-electron chi connectivity index (χ4n) is 1.54. The molecule has 0 aromatic heterocycles. The Balaban J connectivity index is 2.26. The lowest BCUT2D eigenvalue weighted by atomic mass is 10.2. The van der Waals surface area contributed by atoms with Gasteiger partial charge in [0.15, 0.2) is 0 Å². The summed E-state index contributed by atoms with van der Waals surface area (Å²) in [6, 6.07) is 0. The summed E-state index contributed by atoms with van der Waals surface area (Å²) in [4.78, 5) is 16.3. The van der Waals surface area contributed by atoms with Crippen LogP contribution >= 0.6 is 11.8 Å². The smallest absolute Gasteiger partial charge is 0.321 e. The zero-order valence-corrected chi connectivity index (χ0v) is 13.3. The number of rotatable bonds is 7. The number of hydrogen-bond donors (Lipinski definition) is 0. The van der Waals surface area contributed by atoms with Crippen molar-refractivity contribution in [3.63, 3.8) is 0 Å². The molecule has 6 heteroatoms. The Morgan fingerprint density at radius 2 is 2.00 bits per heavy atom. The van der Waals surface area contributed by atoms with E-state index in [1.807, 2.05) is 32.8 Å². The number of likely N-dealkylation sites (N-methyl/N-ethyl adjacent to an activating group) is 1. The summed E-state index contributed by atoms with van der Waals surface area (Å²) in [5.74, 6) is 0.715. The number of esters is 1. The summed E-state index contributed by atoms with van der Waals surface area (Å²) >= 11 is 1.63. The van der Waals surface area contributed by atoms with Crippen LogP contribution in [0.3, 0.4) is 0 Å². The molecule has 0 atom stereocenters. The van der Waals surface area contributed by atoms with E-state index >= 15 is 0 Å². The quantitative estimate of drug-likeness (QED) is 0.649. The summed E-state index contributed by atoms with van der Waals surface area (Å²) in [5, 5.41) is 0. The summed E-state index contributed by atoms with van der Waals surface area (Å²) in [7, 11) is 3.93. The molecule has 0 amide bonds. The Bertz CT molecular complexity index is 279. The van der Waals surface area contributed by atoms with Crippen LogP contribution in [0, 0.1) is 0 Å². The van der Waals surface area contributed by atoms with E-state index in [4.69, 9.17) is 9.47 Å². The lowest BCUT2D eigenvalue weighted by molar-refractivity contribution is -0.145. The number of morpholine rings is 1. The van der Waals surface area contributed by atoms with Crippen LogP contribution in [0.25, 0.3) is 0 Å². The molecule has 1 aliphatic rings. The van der Waals surface area contributed by atoms with Gasteiger partial charge in [0.05, 0.1) is 13.2 Å². The number of hydrogen-bond acceptors (Lipinski definition) is 6. The summed E-state index contributed by atoms with van der Waals surface area (Å²) < 4.78 is 10.1. The van der Waals surface area contributed by atoms with Crippen molar-refractivity contribution in [3.05, 3.63) is 0 Å². The molecule has 1 aliphatic heterocycles. The van der Waals surface area contributed by atoms with Crippen LogP contribution in [0.2, 0.25) is 0 Å². The van der Waals surface area contributed by atoms with Gasteiger partial charge in [-0.15, -0.1) is 11.8 Å². The lowest BCUT2D eigenvalue weighted by Gasteiger charge is -2.30. The van der Waals surface area contributed by atoms with Crippen molar-refractivity contribution in [3.8, 4) is 0 Å². The molecule has 5 nitrogen and oxygen atoms in total. The second-order valence-electron chi connectivity index (χ2n) is 5.45. The van der Waals surface area contributed by atoms with Gasteiger partial charge in [-0.25, -0.2) is 0 Å². The standard InChI is InChI=1S/C13H26N2O3S/c1-13(2,12(16)18-10-5-14(3)4)19-11-15-6-8-17-9-7-15/h5-11H2,1-4H3. The third-order valence-corrected chi connectivity index (χ3v) is 4.36. The van der Waals surface area contributed by atoms with Gasteiger partial charge >= 0.3 is 5.97 Å². The second kappa shape index (κ2) is 8.09. The first-order chi connectivity index (χ1) is 8.92. The number of thioether (sulfide) groups is 1. The first-order valence-corrected chi connectivity index (χ1v) is 7.66. The predicted octanol–water partition coefficient (Wildman–Crippen LogP) is 0.893. The molecule has 0 unspecified atom stereocenters. The number of nitrogens with zero attached hydrogens (tertiary/aromatic N) is 2. The maximum atomic E-state index is 12.0. The molecule has 1 fully saturated rings. The molecular formula is C13H26N2O3S. The molecule has 0 saturated carbocycles. The molecular weight excluding hydrogens is 264 g/mol. The van der Waals surface area contributed by atoms with Crippen molar-refractivity contribution < 1.29 is 14.3 Å². The molecule has 0 N–H and O–H groups in total. The van der Waals surface area contributed by atoms with Crippen molar-refractivity contribution in [1.29, 1.82) is 0 Å². The number of ether oxygens (including phenoxy) is 2. The van der Waals surface area contributed by atoms with Crippen LogP contribution in [-0.4, -0.2) is 79.9 Å². The van der Waals surface area contributed by atoms with Crippen LogP contribution in [0.4, 0.5) is 0 Å². The molecule has 112 valence electrons. The van der Waals surface area contributed by atoms with Gasteiger partial charge in [-0.2, -0.15) is 0 Å². The van der Waals surface area contributed by atoms with Gasteiger partial charge in [0, 0.05) is 25.5 Å². The van der Waals surface area contributed by atoms with Crippen LogP contribution in [0.15, 0.2) is 0 Å². The predicted molar refractivity (Wildman–Crippen MR) is 78.4 cm³/mol. The van der Waals surface area contributed by atoms with Crippen LogP contribution in [0.1, 0.15) is 13.8 Å². The van der Waals surface area contributed by atoms with Gasteiger partial charge in [0.25, 0.3) is 0 Å². The Morgan fingerprint density at radius 3 is 2.58 bits per heavy atom. The average Bonchev–Trinajstić information content (AvgIpc) is 2.37. The average molecular weight is 290 g/mol. The molecule has 19 heavy (non-hydrogen) atoms. The van der Waals surface area contributed by atoms with Gasteiger partial charge in [0.2, 0.25) is 0 Å². The Labute approximate surface area is 120 Å². The molecule has 0 radical (unpaired) electrons. The fraction of sp³-hybridized carbons (Fsp3) is 0.923. The van der Waals surface area contributed by atoms with E-state index in [0.717, 1.165) is 38.7 Å². The Morgan fingerprint density at radius 1 is 1.37 bits per heavy atom. The van der Waals surface area contributed by atoms with E-state index in [0.29, 0.717) is 6.61 Å². The highest BCUT2D eigenvalue weighted by atomic mass is 32.2. The molecule has 0 aromatic carbocycles. The van der Waals surface area contributed by atoms with Crippen LogP contribution < -0.4 is 0 Å². The summed E-state index contributed by atoms with van der Waals surface area (Å²) in [5.41, 5.74) is 0. The van der Waals surface area contributed by atoms with E-state index in [9.17, 15) is 4.79 Å². The minimum Gasteiger partial charge on any atom is -0.463 e. The van der Waals surface area contributed by atoms with Gasteiger partial charge in [-0.05, 0) is 27.9 Å². The second-order valence-corrected chi connectivity index (χ2v) is 7.02. The molecule has 0 aliphatic carbocycles. The monoisotopic (exact) mass is 290 g/mol. The maximum absolute atomic E-state index is 12.0. The lowest BCUT2D eigenvalue weighted by Crippen LogP contribution is -2.39. The molecule has 1 saturated heterocycles. The first kappa shape index (κ1) is 16.8. The highest BCUT2D eigenvalue weighted by Crippen LogP contribution is 2.26. The number of carbonyl (C=O) groups is 1. The minimum atomic E-state index is -0.495. The number of carbonyl (C=O) groups excluding carboxylic acids is 1. The largest absolute Gasteiger partial charge is 0.463 e. The van der Waals surface area contributed by atoms with E-state index in [1.165, 1.54) is 0 Å². The zero-order chi connectivity index (χ0) is 14.3. The van der Waals surface area contributed by atoms with Crippen molar-refractivity contribution in [2.45, 2.75) is 18.6 Å². The zero-order valence-electron chi connectivity index (χ0n) is 12.5. The molecule has 0 aromatic rings. The Kier molecular flexibility index (Phi) is 7.13. The van der Waals surface area contributed by atoms with Gasteiger partial charge in [-0.3, -0.25) is 9.69 Å². The van der Waals surface area contributed by atoms with Gasteiger partial charge in [0.1, 0.15) is 11.4 Å². The van der Waals surface area contributed by atoms with Crippen LogP contribution in [-0.2, 0) is 14.3 Å². The maximum Gasteiger partial charge on any atom is 0.321 e. The van der Waals surface area contributed by atoms with Crippen molar-refractivity contribution in [1.82, 2.24) is 9.80 Å².